The van der Waals surface area contributed by atoms with E-state index in [1.165, 1.54) is 5.56 Å². The predicted octanol–water partition coefficient (Wildman–Crippen LogP) is 3.48. The second kappa shape index (κ2) is 5.37. The second-order valence-corrected chi connectivity index (χ2v) is 4.99. The van der Waals surface area contributed by atoms with E-state index in [4.69, 9.17) is 4.74 Å². The van der Waals surface area contributed by atoms with Gasteiger partial charge in [0.25, 0.3) is 0 Å². The Morgan fingerprint density at radius 2 is 1.95 bits per heavy atom. The molecular formula is C17H17NO2. The fraction of sp³-hybridized carbons (Fsp3) is 0.235. The highest BCUT2D eigenvalue weighted by Gasteiger charge is 2.25. The largest absolute Gasteiger partial charge is 0.496 e. The Hall–Kier alpha value is -2.29. The third-order valence-corrected chi connectivity index (χ3v) is 3.78. The van der Waals surface area contributed by atoms with E-state index in [1.807, 2.05) is 36.4 Å². The summed E-state index contributed by atoms with van der Waals surface area (Å²) in [6.07, 6.45) is 0.504. The van der Waals surface area contributed by atoms with Gasteiger partial charge in [0.05, 0.1) is 12.7 Å². The number of hydrogen-bond acceptors (Lipinski definition) is 3. The maximum atomic E-state index is 12.5. The van der Waals surface area contributed by atoms with Crippen molar-refractivity contribution in [3.05, 3.63) is 59.7 Å². The van der Waals surface area contributed by atoms with Crippen LogP contribution in [0, 0.1) is 0 Å². The van der Waals surface area contributed by atoms with Gasteiger partial charge < -0.3 is 10.1 Å². The molecule has 1 N–H and O–H groups in total. The van der Waals surface area contributed by atoms with Crippen LogP contribution >= 0.6 is 0 Å². The fourth-order valence-electron chi connectivity index (χ4n) is 2.75. The van der Waals surface area contributed by atoms with Crippen molar-refractivity contribution in [2.75, 3.05) is 19.0 Å². The lowest BCUT2D eigenvalue weighted by Gasteiger charge is -2.11. The second-order valence-electron chi connectivity index (χ2n) is 4.99. The molecule has 102 valence electrons. The molecule has 0 bridgehead atoms. The van der Waals surface area contributed by atoms with Crippen molar-refractivity contribution in [3.8, 4) is 5.75 Å². The first-order valence-electron chi connectivity index (χ1n) is 6.78. The molecule has 1 unspecified atom stereocenters. The molecule has 2 aromatic carbocycles. The normalized spacial score (nSPS) is 16.4. The Labute approximate surface area is 118 Å². The first kappa shape index (κ1) is 12.7. The number of carbonyl (C=O) groups is 1. The van der Waals surface area contributed by atoms with Crippen LogP contribution in [0.3, 0.4) is 0 Å². The monoisotopic (exact) mass is 267 g/mol. The zero-order valence-electron chi connectivity index (χ0n) is 11.4. The molecule has 1 atom stereocenters. The quantitative estimate of drug-likeness (QED) is 0.862. The first-order valence-corrected chi connectivity index (χ1v) is 6.78. The lowest BCUT2D eigenvalue weighted by molar-refractivity contribution is 0.0972. The van der Waals surface area contributed by atoms with Gasteiger partial charge in [-0.1, -0.05) is 30.3 Å². The zero-order chi connectivity index (χ0) is 13.9. The SMILES string of the molecule is COc1ccccc1C(=O)CC1CNc2ccccc21. The van der Waals surface area contributed by atoms with Crippen molar-refractivity contribution in [2.24, 2.45) is 0 Å². The van der Waals surface area contributed by atoms with Crippen LogP contribution in [0.25, 0.3) is 0 Å². The molecule has 2 aromatic rings. The third kappa shape index (κ3) is 2.27. The highest BCUT2D eigenvalue weighted by Crippen LogP contribution is 2.34. The molecule has 0 spiro atoms. The standard InChI is InChI=1S/C17H17NO2/c1-20-17-9-5-3-7-14(17)16(19)10-12-11-18-15-8-4-2-6-13(12)15/h2-9,12,18H,10-11H2,1H3. The minimum absolute atomic E-state index is 0.131. The van der Waals surface area contributed by atoms with Crippen molar-refractivity contribution >= 4 is 11.5 Å². The summed E-state index contributed by atoms with van der Waals surface area (Å²) in [5.41, 5.74) is 3.04. The molecule has 1 aliphatic rings. The highest BCUT2D eigenvalue weighted by molar-refractivity contribution is 5.99. The maximum Gasteiger partial charge on any atom is 0.167 e. The van der Waals surface area contributed by atoms with Crippen molar-refractivity contribution in [1.29, 1.82) is 0 Å². The van der Waals surface area contributed by atoms with E-state index in [-0.39, 0.29) is 11.7 Å². The molecule has 0 aliphatic carbocycles. The van der Waals surface area contributed by atoms with E-state index in [1.54, 1.807) is 7.11 Å². The number of para-hydroxylation sites is 2. The van der Waals surface area contributed by atoms with Crippen LogP contribution in [0.1, 0.15) is 28.3 Å². The molecule has 1 aliphatic heterocycles. The summed E-state index contributed by atoms with van der Waals surface area (Å²) < 4.78 is 5.26. The van der Waals surface area contributed by atoms with E-state index in [0.29, 0.717) is 17.7 Å². The maximum absolute atomic E-state index is 12.5. The van der Waals surface area contributed by atoms with Gasteiger partial charge in [0.2, 0.25) is 0 Å². The van der Waals surface area contributed by atoms with Crippen LogP contribution in [-0.2, 0) is 0 Å². The average Bonchev–Trinajstić information content (AvgIpc) is 2.90. The number of ketones is 1. The Balaban J connectivity index is 1.81. The van der Waals surface area contributed by atoms with Crippen LogP contribution in [0.2, 0.25) is 0 Å². The van der Waals surface area contributed by atoms with Crippen molar-refractivity contribution < 1.29 is 9.53 Å². The molecule has 3 heteroatoms. The van der Waals surface area contributed by atoms with E-state index in [2.05, 4.69) is 17.4 Å². The smallest absolute Gasteiger partial charge is 0.167 e. The molecule has 0 aromatic heterocycles. The van der Waals surface area contributed by atoms with Gasteiger partial charge in [-0.25, -0.2) is 0 Å². The number of ether oxygens (including phenoxy) is 1. The summed E-state index contributed by atoms with van der Waals surface area (Å²) in [7, 11) is 1.60. The summed E-state index contributed by atoms with van der Waals surface area (Å²) in [4.78, 5) is 12.5. The molecule has 3 nitrogen and oxygen atoms in total. The number of benzene rings is 2. The summed E-state index contributed by atoms with van der Waals surface area (Å²) >= 11 is 0. The summed E-state index contributed by atoms with van der Waals surface area (Å²) in [5, 5.41) is 3.35. The average molecular weight is 267 g/mol. The molecule has 0 saturated carbocycles. The van der Waals surface area contributed by atoms with E-state index in [9.17, 15) is 4.79 Å². The van der Waals surface area contributed by atoms with Crippen LogP contribution < -0.4 is 10.1 Å². The third-order valence-electron chi connectivity index (χ3n) is 3.78. The van der Waals surface area contributed by atoms with Crippen LogP contribution in [0.5, 0.6) is 5.75 Å². The Kier molecular flexibility index (Phi) is 3.42. The van der Waals surface area contributed by atoms with Gasteiger partial charge in [0, 0.05) is 24.6 Å². The highest BCUT2D eigenvalue weighted by atomic mass is 16.5. The first-order chi connectivity index (χ1) is 9.79. The predicted molar refractivity (Wildman–Crippen MR) is 79.6 cm³/mol. The van der Waals surface area contributed by atoms with Crippen LogP contribution in [0.4, 0.5) is 5.69 Å². The number of nitrogens with one attached hydrogen (secondary N) is 1. The Bertz CT molecular complexity index is 636. The summed E-state index contributed by atoms with van der Waals surface area (Å²) in [6.45, 7) is 0.820. The zero-order valence-corrected chi connectivity index (χ0v) is 11.4. The number of Topliss-reactive ketones (excluding diaryl/α,β-unsaturated/α-hetero) is 1. The van der Waals surface area contributed by atoms with Gasteiger partial charge in [0.15, 0.2) is 5.78 Å². The lowest BCUT2D eigenvalue weighted by atomic mass is 9.93. The molecule has 3 rings (SSSR count). The van der Waals surface area contributed by atoms with Gasteiger partial charge in [-0.05, 0) is 23.8 Å². The molecule has 0 saturated heterocycles. The molecular weight excluding hydrogens is 250 g/mol. The Morgan fingerprint density at radius 1 is 1.20 bits per heavy atom. The van der Waals surface area contributed by atoms with E-state index >= 15 is 0 Å². The minimum atomic E-state index is 0.131. The van der Waals surface area contributed by atoms with E-state index in [0.717, 1.165) is 12.2 Å². The molecule has 0 fully saturated rings. The van der Waals surface area contributed by atoms with Crippen LogP contribution in [-0.4, -0.2) is 19.4 Å². The van der Waals surface area contributed by atoms with Gasteiger partial charge in [-0.2, -0.15) is 0 Å². The van der Waals surface area contributed by atoms with Gasteiger partial charge in [-0.15, -0.1) is 0 Å². The molecule has 1 heterocycles. The Morgan fingerprint density at radius 3 is 2.80 bits per heavy atom. The minimum Gasteiger partial charge on any atom is -0.496 e. The number of anilines is 1. The van der Waals surface area contributed by atoms with Crippen LogP contribution in [0.15, 0.2) is 48.5 Å². The number of carbonyl (C=O) groups excluding carboxylic acids is 1. The van der Waals surface area contributed by atoms with E-state index < -0.39 is 0 Å². The number of rotatable bonds is 4. The fourth-order valence-corrected chi connectivity index (χ4v) is 2.75. The summed E-state index contributed by atoms with van der Waals surface area (Å²) in [6, 6.07) is 15.6. The number of fused-ring (bicyclic) bond motifs is 1. The van der Waals surface area contributed by atoms with Gasteiger partial charge in [-0.3, -0.25) is 4.79 Å². The number of methoxy groups -OCH3 is 1. The van der Waals surface area contributed by atoms with Gasteiger partial charge in [0.1, 0.15) is 5.75 Å². The van der Waals surface area contributed by atoms with Gasteiger partial charge >= 0.3 is 0 Å². The molecule has 0 amide bonds. The number of hydrogen-bond donors (Lipinski definition) is 1. The topological polar surface area (TPSA) is 38.3 Å². The van der Waals surface area contributed by atoms with Crippen molar-refractivity contribution in [2.45, 2.75) is 12.3 Å². The van der Waals surface area contributed by atoms with Crippen molar-refractivity contribution in [3.63, 3.8) is 0 Å². The lowest BCUT2D eigenvalue weighted by Crippen LogP contribution is -2.10. The summed E-state index contributed by atoms with van der Waals surface area (Å²) in [5.74, 6) is 1.02. The molecule has 0 radical (unpaired) electrons. The molecule has 20 heavy (non-hydrogen) atoms. The van der Waals surface area contributed by atoms with Crippen molar-refractivity contribution in [1.82, 2.24) is 0 Å².